The molecule has 0 saturated heterocycles. The molecule has 1 aromatic rings. The van der Waals surface area contributed by atoms with Gasteiger partial charge in [0.15, 0.2) is 0 Å². The van der Waals surface area contributed by atoms with Gasteiger partial charge in [0.25, 0.3) is 0 Å². The molecule has 14 heteroatoms. The highest BCUT2D eigenvalue weighted by molar-refractivity contribution is 8.06. The minimum absolute atomic E-state index is 0.370. The smallest absolute Gasteiger partial charge is 0.319 e. The quantitative estimate of drug-likeness (QED) is 0.356. The van der Waals surface area contributed by atoms with E-state index in [1.807, 2.05) is 27.7 Å². The Bertz CT molecular complexity index is 519. The largest absolute Gasteiger partial charge is 0.481 e. The first kappa shape index (κ1) is 34.3. The number of hydrogen-bond acceptors (Lipinski definition) is 6. The molecule has 10 nitrogen and oxygen atoms in total. The molecule has 0 aliphatic rings. The first-order valence-electron chi connectivity index (χ1n) is 7.76. The van der Waals surface area contributed by atoms with Crippen molar-refractivity contribution in [2.45, 2.75) is 48.0 Å². The molecule has 1 heterocycles. The van der Waals surface area contributed by atoms with Crippen molar-refractivity contribution in [1.29, 1.82) is 0 Å². The molecular formula is C13H32N2O8P2S2. The number of rotatable bonds is 3. The van der Waals surface area contributed by atoms with Gasteiger partial charge in [0.1, 0.15) is 0 Å². The topological polar surface area (TPSA) is 166 Å². The first-order valence-corrected chi connectivity index (χ1v) is 13.1. The average molecular weight is 470 g/mol. The fourth-order valence-electron chi connectivity index (χ4n) is 0.812. The van der Waals surface area contributed by atoms with Crippen LogP contribution in [0, 0.1) is 6.92 Å². The van der Waals surface area contributed by atoms with E-state index in [2.05, 4.69) is 47.4 Å². The van der Waals surface area contributed by atoms with Crippen molar-refractivity contribution in [3.05, 3.63) is 11.8 Å². The third-order valence-electron chi connectivity index (χ3n) is 1.29. The molecule has 0 unspecified atom stereocenters. The van der Waals surface area contributed by atoms with Crippen molar-refractivity contribution >= 4 is 37.1 Å². The SMILES string of the molecule is CC.CCC.CCOc1nc(C)cc(OC)n1.OP(O)(O)=S.OP(O)(O)=S. The summed E-state index contributed by atoms with van der Waals surface area (Å²) in [7, 11) is 1.57. The molecule has 0 fully saturated rings. The Morgan fingerprint density at radius 1 is 0.926 bits per heavy atom. The van der Waals surface area contributed by atoms with Gasteiger partial charge in [-0.05, 0) is 37.5 Å². The van der Waals surface area contributed by atoms with Crippen molar-refractivity contribution in [2.24, 2.45) is 0 Å². The molecule has 164 valence electrons. The zero-order valence-electron chi connectivity index (χ0n) is 16.6. The molecule has 27 heavy (non-hydrogen) atoms. The van der Waals surface area contributed by atoms with Gasteiger partial charge in [-0.25, -0.2) is 4.98 Å². The number of ether oxygens (including phenoxy) is 2. The lowest BCUT2D eigenvalue weighted by Gasteiger charge is -2.03. The lowest BCUT2D eigenvalue weighted by molar-refractivity contribution is 0.301. The molecule has 0 aliphatic heterocycles. The summed E-state index contributed by atoms with van der Waals surface area (Å²) in [6.45, 7) is 4.96. The van der Waals surface area contributed by atoms with Crippen molar-refractivity contribution in [1.82, 2.24) is 9.97 Å². The summed E-state index contributed by atoms with van der Waals surface area (Å²) in [6.07, 6.45) is 1.25. The van der Waals surface area contributed by atoms with Crippen LogP contribution in [-0.4, -0.2) is 53.0 Å². The number of methoxy groups -OCH3 is 1. The zero-order valence-corrected chi connectivity index (χ0v) is 20.0. The van der Waals surface area contributed by atoms with Crippen molar-refractivity contribution in [3.63, 3.8) is 0 Å². The van der Waals surface area contributed by atoms with Crippen LogP contribution in [0.5, 0.6) is 11.9 Å². The zero-order chi connectivity index (χ0) is 22.7. The third kappa shape index (κ3) is 51.8. The lowest BCUT2D eigenvalue weighted by Crippen LogP contribution is -2.00. The van der Waals surface area contributed by atoms with Gasteiger partial charge < -0.3 is 38.8 Å². The Labute approximate surface area is 171 Å². The molecule has 0 spiro atoms. The Morgan fingerprint density at radius 3 is 1.52 bits per heavy atom. The van der Waals surface area contributed by atoms with E-state index in [0.717, 1.165) is 5.69 Å². The summed E-state index contributed by atoms with van der Waals surface area (Å²) >= 11 is 7.21. The first-order chi connectivity index (χ1) is 12.2. The summed E-state index contributed by atoms with van der Waals surface area (Å²) in [6, 6.07) is 2.12. The summed E-state index contributed by atoms with van der Waals surface area (Å²) in [5.74, 6) is 0.533. The van der Waals surface area contributed by atoms with Crippen LogP contribution >= 0.6 is 13.4 Å². The van der Waals surface area contributed by atoms with Crippen LogP contribution in [0.2, 0.25) is 0 Å². The summed E-state index contributed by atoms with van der Waals surface area (Å²) in [4.78, 5) is 53.4. The maximum atomic E-state index is 7.56. The molecule has 0 aliphatic carbocycles. The number of aryl methyl sites for hydroxylation is 1. The predicted octanol–water partition coefficient (Wildman–Crippen LogP) is 2.01. The molecule has 0 saturated carbocycles. The van der Waals surface area contributed by atoms with E-state index < -0.39 is 13.4 Å². The Hall–Kier alpha value is -0.260. The molecule has 1 aromatic heterocycles. The Morgan fingerprint density at radius 2 is 1.26 bits per heavy atom. The highest BCUT2D eigenvalue weighted by Gasteiger charge is 2.01. The number of aromatic nitrogens is 2. The second-order valence-corrected chi connectivity index (χ2v) is 8.99. The standard InChI is InChI=1S/C8H12N2O2.C3H8.C2H6.2H3O3PS/c1-4-12-8-9-6(2)5-7(10-8)11-3;1-3-2;1-2;2*1-4(2,3)5/h5H,4H2,1-3H3;3H2,1-2H3;1-2H3;2*(H3,1,2,3,5). The van der Waals surface area contributed by atoms with Crippen molar-refractivity contribution in [3.8, 4) is 11.9 Å². The second-order valence-electron chi connectivity index (χ2n) is 4.00. The van der Waals surface area contributed by atoms with Crippen molar-refractivity contribution < 1.29 is 38.8 Å². The van der Waals surface area contributed by atoms with E-state index in [4.69, 9.17) is 38.8 Å². The molecule has 6 N–H and O–H groups in total. The summed E-state index contributed by atoms with van der Waals surface area (Å²) in [5.41, 5.74) is 0.838. The maximum absolute atomic E-state index is 7.56. The molecule has 0 atom stereocenters. The highest BCUT2D eigenvalue weighted by atomic mass is 32.5. The van der Waals surface area contributed by atoms with Crippen LogP contribution in [0.25, 0.3) is 0 Å². The third-order valence-corrected chi connectivity index (χ3v) is 1.29. The van der Waals surface area contributed by atoms with E-state index in [1.165, 1.54) is 6.42 Å². The Kier molecular flexibility index (Phi) is 26.0. The van der Waals surface area contributed by atoms with E-state index >= 15 is 0 Å². The van der Waals surface area contributed by atoms with Crippen LogP contribution in [-0.2, 0) is 23.6 Å². The molecular weight excluding hydrogens is 438 g/mol. The minimum atomic E-state index is -3.81. The van der Waals surface area contributed by atoms with Crippen LogP contribution in [0.15, 0.2) is 6.07 Å². The monoisotopic (exact) mass is 470 g/mol. The van der Waals surface area contributed by atoms with Gasteiger partial charge in [0.05, 0.1) is 13.7 Å². The summed E-state index contributed by atoms with van der Waals surface area (Å²) < 4.78 is 10.1. The van der Waals surface area contributed by atoms with E-state index in [0.29, 0.717) is 18.5 Å². The second kappa shape index (κ2) is 20.5. The number of hydrogen-bond donors (Lipinski definition) is 6. The van der Waals surface area contributed by atoms with Gasteiger partial charge in [0.2, 0.25) is 5.88 Å². The predicted molar refractivity (Wildman–Crippen MR) is 114 cm³/mol. The summed E-state index contributed by atoms with van der Waals surface area (Å²) in [5, 5.41) is 0. The van der Waals surface area contributed by atoms with Crippen LogP contribution in [0.1, 0.15) is 46.7 Å². The molecule has 0 bridgehead atoms. The lowest BCUT2D eigenvalue weighted by atomic mass is 10.4. The van der Waals surface area contributed by atoms with Gasteiger partial charge in [-0.3, -0.25) is 0 Å². The molecule has 0 amide bonds. The van der Waals surface area contributed by atoms with Gasteiger partial charge in [0, 0.05) is 11.8 Å². The average Bonchev–Trinajstić information content (AvgIpc) is 2.46. The highest BCUT2D eigenvalue weighted by Crippen LogP contribution is 2.26. The van der Waals surface area contributed by atoms with Crippen molar-refractivity contribution in [2.75, 3.05) is 13.7 Å². The molecule has 0 aromatic carbocycles. The van der Waals surface area contributed by atoms with Gasteiger partial charge in [-0.15, -0.1) is 0 Å². The van der Waals surface area contributed by atoms with Gasteiger partial charge in [-0.2, -0.15) is 4.98 Å². The van der Waals surface area contributed by atoms with Gasteiger partial charge in [-0.1, -0.05) is 34.1 Å². The van der Waals surface area contributed by atoms with Crippen LogP contribution < -0.4 is 9.47 Å². The van der Waals surface area contributed by atoms with Crippen LogP contribution in [0.3, 0.4) is 0 Å². The fraction of sp³-hybridized carbons (Fsp3) is 0.692. The normalized spacial score (nSPS) is 9.52. The van der Waals surface area contributed by atoms with Gasteiger partial charge >= 0.3 is 19.4 Å². The maximum Gasteiger partial charge on any atom is 0.319 e. The number of nitrogens with zero attached hydrogens (tertiary/aromatic N) is 2. The van der Waals surface area contributed by atoms with E-state index in [1.54, 1.807) is 13.2 Å². The van der Waals surface area contributed by atoms with E-state index in [-0.39, 0.29) is 0 Å². The fourth-order valence-corrected chi connectivity index (χ4v) is 0.812. The molecule has 0 radical (unpaired) electrons. The minimum Gasteiger partial charge on any atom is -0.481 e. The van der Waals surface area contributed by atoms with Crippen LogP contribution in [0.4, 0.5) is 0 Å². The molecule has 1 rings (SSSR count). The van der Waals surface area contributed by atoms with E-state index in [9.17, 15) is 0 Å². The Balaban J connectivity index is -0.000000148.